The van der Waals surface area contributed by atoms with Crippen molar-refractivity contribution in [3.05, 3.63) is 215 Å². The molecule has 59 heavy (non-hydrogen) atoms. The number of aromatic nitrogens is 2. The Kier molecular flexibility index (Phi) is 6.44. The fourth-order valence-corrected chi connectivity index (χ4v) is 11.0. The minimum Gasteiger partial charge on any atom is -0.455 e. The third-order valence-electron chi connectivity index (χ3n) is 13.5. The Hall–Kier alpha value is -7.36. The molecule has 3 aliphatic rings. The SMILES string of the molecule is CC1(C)c2ccccc2-c2c(-c3cc(-c4cccc5c4oc4ccccc45)nc(-c4ccc5c(c4)-c4ccccc4C54c5ccccc5-c5ccccc54)n3)cccc21. The summed E-state index contributed by atoms with van der Waals surface area (Å²) in [4.78, 5) is 11.0. The van der Waals surface area contributed by atoms with Gasteiger partial charge in [0.25, 0.3) is 0 Å². The maximum Gasteiger partial charge on any atom is 0.160 e. The number of furan rings is 1. The van der Waals surface area contributed by atoms with E-state index < -0.39 is 5.41 Å². The molecular formula is C56H36N2O. The van der Waals surface area contributed by atoms with E-state index in [1.807, 2.05) is 12.1 Å². The highest BCUT2D eigenvalue weighted by molar-refractivity contribution is 6.09. The first-order chi connectivity index (χ1) is 29.0. The molecule has 3 heteroatoms. The van der Waals surface area contributed by atoms with E-state index in [0.29, 0.717) is 5.82 Å². The smallest absolute Gasteiger partial charge is 0.160 e. The Morgan fingerprint density at radius 3 is 1.63 bits per heavy atom. The highest BCUT2D eigenvalue weighted by Gasteiger charge is 2.51. The minimum atomic E-state index is -0.409. The second kappa shape index (κ2) is 11.6. The van der Waals surface area contributed by atoms with Crippen LogP contribution in [-0.2, 0) is 10.8 Å². The molecule has 2 heterocycles. The molecular weight excluding hydrogens is 717 g/mol. The van der Waals surface area contributed by atoms with Gasteiger partial charge in [0.2, 0.25) is 0 Å². The molecule has 0 radical (unpaired) electrons. The zero-order chi connectivity index (χ0) is 39.0. The molecule has 0 saturated carbocycles. The Morgan fingerprint density at radius 2 is 0.898 bits per heavy atom. The summed E-state index contributed by atoms with van der Waals surface area (Å²) in [6, 6.07) is 66.1. The van der Waals surface area contributed by atoms with Gasteiger partial charge in [0.15, 0.2) is 5.82 Å². The van der Waals surface area contributed by atoms with Gasteiger partial charge in [0, 0.05) is 32.9 Å². The van der Waals surface area contributed by atoms with Crippen molar-refractivity contribution in [1.29, 1.82) is 0 Å². The van der Waals surface area contributed by atoms with Crippen LogP contribution in [0.2, 0.25) is 0 Å². The van der Waals surface area contributed by atoms with Gasteiger partial charge in [-0.1, -0.05) is 172 Å². The summed E-state index contributed by atoms with van der Waals surface area (Å²) < 4.78 is 6.63. The lowest BCUT2D eigenvalue weighted by atomic mass is 9.70. The second-order valence-corrected chi connectivity index (χ2v) is 16.8. The van der Waals surface area contributed by atoms with Crippen LogP contribution in [0.4, 0.5) is 0 Å². The van der Waals surface area contributed by atoms with E-state index in [1.54, 1.807) is 0 Å². The molecule has 13 rings (SSSR count). The molecule has 0 bridgehead atoms. The van der Waals surface area contributed by atoms with Crippen LogP contribution in [0, 0.1) is 0 Å². The molecule has 0 N–H and O–H groups in total. The summed E-state index contributed by atoms with van der Waals surface area (Å²) in [7, 11) is 0. The quantitative estimate of drug-likeness (QED) is 0.180. The van der Waals surface area contributed by atoms with Crippen LogP contribution in [0.3, 0.4) is 0 Å². The zero-order valence-electron chi connectivity index (χ0n) is 32.6. The standard InChI is InChI=1S/C56H36N2O/c1-55(2)43-23-8-6-19-39(43)52-40(21-14-27-48(52)55)49-32-50(41-22-13-20-38-37-18-7-12-28-51(37)59-53(38)41)58-54(57-49)33-29-30-47-42(31-33)36-17-5-11-26-46(36)56(47)44-24-9-3-15-34(44)35-16-4-10-25-45(35)56/h3-32H,1-2H3. The van der Waals surface area contributed by atoms with E-state index in [4.69, 9.17) is 14.4 Å². The minimum absolute atomic E-state index is 0.138. The lowest BCUT2D eigenvalue weighted by Crippen LogP contribution is -2.25. The molecule has 2 aromatic heterocycles. The van der Waals surface area contributed by atoms with Gasteiger partial charge in [0.05, 0.1) is 16.8 Å². The van der Waals surface area contributed by atoms with Crippen LogP contribution in [0.25, 0.3) is 89.2 Å². The normalized spacial score (nSPS) is 14.5. The fraction of sp³-hybridized carbons (Fsp3) is 0.0714. The van der Waals surface area contributed by atoms with Crippen molar-refractivity contribution in [3.63, 3.8) is 0 Å². The molecule has 0 atom stereocenters. The van der Waals surface area contributed by atoms with Crippen molar-refractivity contribution >= 4 is 21.9 Å². The average molecular weight is 753 g/mol. The van der Waals surface area contributed by atoms with Gasteiger partial charge in [-0.05, 0) is 91.0 Å². The molecule has 0 aliphatic heterocycles. The Balaban J connectivity index is 1.07. The first kappa shape index (κ1) is 32.7. The third-order valence-corrected chi connectivity index (χ3v) is 13.5. The molecule has 276 valence electrons. The first-order valence-electron chi connectivity index (χ1n) is 20.5. The topological polar surface area (TPSA) is 38.9 Å². The van der Waals surface area contributed by atoms with Gasteiger partial charge in [-0.2, -0.15) is 0 Å². The van der Waals surface area contributed by atoms with Crippen LogP contribution in [0.15, 0.2) is 186 Å². The van der Waals surface area contributed by atoms with Crippen LogP contribution >= 0.6 is 0 Å². The summed E-state index contributed by atoms with van der Waals surface area (Å²) in [6.07, 6.45) is 0. The van der Waals surface area contributed by atoms with Crippen LogP contribution in [-0.4, -0.2) is 9.97 Å². The van der Waals surface area contributed by atoms with E-state index in [0.717, 1.165) is 50.0 Å². The van der Waals surface area contributed by atoms with Gasteiger partial charge in [-0.3, -0.25) is 0 Å². The summed E-state index contributed by atoms with van der Waals surface area (Å²) in [5, 5.41) is 2.17. The van der Waals surface area contributed by atoms with Crippen LogP contribution in [0.1, 0.15) is 47.2 Å². The van der Waals surface area contributed by atoms with E-state index >= 15 is 0 Å². The number of rotatable bonds is 3. The number of para-hydroxylation sites is 2. The second-order valence-electron chi connectivity index (χ2n) is 16.8. The Bertz CT molecular complexity index is 3390. The van der Waals surface area contributed by atoms with Crippen molar-refractivity contribution in [2.75, 3.05) is 0 Å². The van der Waals surface area contributed by atoms with Crippen LogP contribution < -0.4 is 0 Å². The lowest BCUT2D eigenvalue weighted by Gasteiger charge is -2.30. The fourth-order valence-electron chi connectivity index (χ4n) is 11.0. The number of fused-ring (bicyclic) bond motifs is 16. The molecule has 3 aliphatic carbocycles. The van der Waals surface area contributed by atoms with Crippen molar-refractivity contribution < 1.29 is 4.42 Å². The van der Waals surface area contributed by atoms with E-state index in [2.05, 4.69) is 184 Å². The van der Waals surface area contributed by atoms with E-state index in [-0.39, 0.29) is 5.41 Å². The molecule has 0 fully saturated rings. The average Bonchev–Trinajstić information content (AvgIpc) is 3.98. The number of hydrogen-bond acceptors (Lipinski definition) is 3. The molecule has 10 aromatic rings. The lowest BCUT2D eigenvalue weighted by molar-refractivity contribution is 0.660. The van der Waals surface area contributed by atoms with Crippen LogP contribution in [0.5, 0.6) is 0 Å². The summed E-state index contributed by atoms with van der Waals surface area (Å²) in [6.45, 7) is 4.66. The number of benzene rings is 8. The highest BCUT2D eigenvalue weighted by Crippen LogP contribution is 2.63. The van der Waals surface area contributed by atoms with Crippen molar-refractivity contribution in [2.24, 2.45) is 0 Å². The third kappa shape index (κ3) is 4.21. The first-order valence-corrected chi connectivity index (χ1v) is 20.5. The summed E-state index contributed by atoms with van der Waals surface area (Å²) >= 11 is 0. The predicted octanol–water partition coefficient (Wildman–Crippen LogP) is 14.0. The predicted molar refractivity (Wildman–Crippen MR) is 239 cm³/mol. The molecule has 0 saturated heterocycles. The van der Waals surface area contributed by atoms with E-state index in [1.165, 1.54) is 66.8 Å². The van der Waals surface area contributed by atoms with Gasteiger partial charge < -0.3 is 4.42 Å². The molecule has 8 aromatic carbocycles. The maximum atomic E-state index is 6.63. The highest BCUT2D eigenvalue weighted by atomic mass is 16.3. The monoisotopic (exact) mass is 752 g/mol. The van der Waals surface area contributed by atoms with Gasteiger partial charge in [-0.25, -0.2) is 9.97 Å². The van der Waals surface area contributed by atoms with Gasteiger partial charge in [-0.15, -0.1) is 0 Å². The summed E-state index contributed by atoms with van der Waals surface area (Å²) in [5.74, 6) is 0.683. The number of nitrogens with zero attached hydrogens (tertiary/aromatic N) is 2. The number of hydrogen-bond donors (Lipinski definition) is 0. The molecule has 0 amide bonds. The zero-order valence-corrected chi connectivity index (χ0v) is 32.6. The summed E-state index contributed by atoms with van der Waals surface area (Å²) in [5.41, 5.74) is 21.4. The van der Waals surface area contributed by atoms with Crippen molar-refractivity contribution in [1.82, 2.24) is 9.97 Å². The molecule has 0 unspecified atom stereocenters. The maximum absolute atomic E-state index is 6.63. The Morgan fingerprint density at radius 1 is 0.390 bits per heavy atom. The van der Waals surface area contributed by atoms with Gasteiger partial charge >= 0.3 is 0 Å². The Labute approximate surface area is 342 Å². The van der Waals surface area contributed by atoms with E-state index in [9.17, 15) is 0 Å². The molecule has 3 nitrogen and oxygen atoms in total. The van der Waals surface area contributed by atoms with Gasteiger partial charge in [0.1, 0.15) is 11.2 Å². The molecule has 1 spiro atoms. The van der Waals surface area contributed by atoms with Crippen molar-refractivity contribution in [3.8, 4) is 67.3 Å². The largest absolute Gasteiger partial charge is 0.455 e. The van der Waals surface area contributed by atoms with Crippen molar-refractivity contribution in [2.45, 2.75) is 24.7 Å².